The lowest BCUT2D eigenvalue weighted by Gasteiger charge is -2.31. The lowest BCUT2D eigenvalue weighted by molar-refractivity contribution is -0.153. The molecule has 1 fully saturated rings. The van der Waals surface area contributed by atoms with Gasteiger partial charge in [0.15, 0.2) is 5.41 Å². The number of para-hydroxylation sites is 1. The van der Waals surface area contributed by atoms with Crippen LogP contribution in [-0.2, 0) is 19.7 Å². The number of ether oxygens (including phenoxy) is 1. The van der Waals surface area contributed by atoms with Crippen molar-refractivity contribution < 1.29 is 14.3 Å². The highest BCUT2D eigenvalue weighted by molar-refractivity contribution is 6.19. The Balaban J connectivity index is 1.88. The largest absolute Gasteiger partial charge is 0.465 e. The van der Waals surface area contributed by atoms with Crippen LogP contribution in [-0.4, -0.2) is 43.0 Å². The molecule has 1 unspecified atom stereocenters. The van der Waals surface area contributed by atoms with Crippen LogP contribution in [0, 0.1) is 0 Å². The van der Waals surface area contributed by atoms with E-state index in [1.807, 2.05) is 24.3 Å². The van der Waals surface area contributed by atoms with Gasteiger partial charge in [-0.05, 0) is 45.3 Å². The van der Waals surface area contributed by atoms with Gasteiger partial charge in [0.25, 0.3) is 0 Å². The fourth-order valence-electron chi connectivity index (χ4n) is 3.63. The second-order valence-corrected chi connectivity index (χ2v) is 6.28. The average Bonchev–Trinajstić information content (AvgIpc) is 2.87. The predicted octanol–water partition coefficient (Wildman–Crippen LogP) is 2.32. The fraction of sp³-hybridized carbons (Fsp3) is 0.556. The monoisotopic (exact) mass is 316 g/mol. The van der Waals surface area contributed by atoms with Crippen molar-refractivity contribution in [2.24, 2.45) is 0 Å². The molecule has 1 aromatic rings. The first kappa shape index (κ1) is 16.0. The summed E-state index contributed by atoms with van der Waals surface area (Å²) < 4.78 is 5.28. The van der Waals surface area contributed by atoms with Crippen LogP contribution in [0.2, 0.25) is 0 Å². The van der Waals surface area contributed by atoms with Crippen LogP contribution in [0.1, 0.15) is 38.2 Å². The van der Waals surface area contributed by atoms with E-state index in [0.717, 1.165) is 30.9 Å². The molecule has 0 aromatic heterocycles. The summed E-state index contributed by atoms with van der Waals surface area (Å²) >= 11 is 0. The summed E-state index contributed by atoms with van der Waals surface area (Å²) in [6, 6.07) is 7.44. The maximum atomic E-state index is 12.7. The number of rotatable bonds is 5. The third-order valence-electron chi connectivity index (χ3n) is 4.90. The van der Waals surface area contributed by atoms with Crippen LogP contribution in [0.3, 0.4) is 0 Å². The molecular weight excluding hydrogens is 292 g/mol. The topological polar surface area (TPSA) is 58.6 Å². The first-order valence-corrected chi connectivity index (χ1v) is 8.49. The molecule has 0 aliphatic carbocycles. The van der Waals surface area contributed by atoms with Crippen LogP contribution in [0.4, 0.5) is 5.69 Å². The number of carbonyl (C=O) groups is 2. The molecule has 0 spiro atoms. The van der Waals surface area contributed by atoms with E-state index in [9.17, 15) is 9.59 Å². The quantitative estimate of drug-likeness (QED) is 0.669. The van der Waals surface area contributed by atoms with Gasteiger partial charge < -0.3 is 15.0 Å². The van der Waals surface area contributed by atoms with Gasteiger partial charge in [0.05, 0.1) is 6.61 Å². The van der Waals surface area contributed by atoms with Crippen molar-refractivity contribution >= 4 is 17.6 Å². The first-order valence-electron chi connectivity index (χ1n) is 8.49. The summed E-state index contributed by atoms with van der Waals surface area (Å²) in [6.45, 7) is 4.87. The molecule has 23 heavy (non-hydrogen) atoms. The summed E-state index contributed by atoms with van der Waals surface area (Å²) in [5, 5.41) is 2.86. The van der Waals surface area contributed by atoms with Crippen LogP contribution in [0.25, 0.3) is 0 Å². The van der Waals surface area contributed by atoms with E-state index in [1.54, 1.807) is 6.92 Å². The van der Waals surface area contributed by atoms with Crippen LogP contribution in [0.5, 0.6) is 0 Å². The average molecular weight is 316 g/mol. The van der Waals surface area contributed by atoms with Crippen LogP contribution >= 0.6 is 0 Å². The Morgan fingerprint density at radius 1 is 1.26 bits per heavy atom. The second kappa shape index (κ2) is 6.71. The number of likely N-dealkylation sites (tertiary alicyclic amines) is 1. The third-order valence-corrected chi connectivity index (χ3v) is 4.90. The second-order valence-electron chi connectivity index (χ2n) is 6.28. The Hall–Kier alpha value is -1.88. The van der Waals surface area contributed by atoms with E-state index in [4.69, 9.17) is 4.74 Å². The minimum atomic E-state index is -1.20. The summed E-state index contributed by atoms with van der Waals surface area (Å²) in [6.07, 6.45) is 4.11. The van der Waals surface area contributed by atoms with Gasteiger partial charge in [0.2, 0.25) is 5.91 Å². The maximum absolute atomic E-state index is 12.7. The van der Waals surface area contributed by atoms with Gasteiger partial charge in [0, 0.05) is 17.8 Å². The highest BCUT2D eigenvalue weighted by Crippen LogP contribution is 2.41. The molecule has 1 amide bonds. The number of piperidine rings is 1. The maximum Gasteiger partial charge on any atom is 0.326 e. The molecule has 1 atom stereocenters. The highest BCUT2D eigenvalue weighted by atomic mass is 16.5. The van der Waals surface area contributed by atoms with Gasteiger partial charge in [-0.1, -0.05) is 24.6 Å². The number of carbonyl (C=O) groups excluding carboxylic acids is 2. The number of fused-ring (bicyclic) bond motifs is 1. The van der Waals surface area contributed by atoms with E-state index in [1.165, 1.54) is 19.3 Å². The highest BCUT2D eigenvalue weighted by Gasteiger charge is 2.54. The standard InChI is InChI=1S/C18H24N2O3/c1-2-23-17(22)18(10-13-20-11-6-3-7-12-20)14-8-4-5-9-15(14)19-16(18)21/h4-5,8-9H,2-3,6-7,10-13H2,1H3,(H,19,21). The van der Waals surface area contributed by atoms with Crippen molar-refractivity contribution in [2.75, 3.05) is 31.6 Å². The normalized spacial score (nSPS) is 24.1. The van der Waals surface area contributed by atoms with Crippen LogP contribution < -0.4 is 5.32 Å². The minimum Gasteiger partial charge on any atom is -0.465 e. The molecule has 5 nitrogen and oxygen atoms in total. The van der Waals surface area contributed by atoms with Gasteiger partial charge in [-0.15, -0.1) is 0 Å². The van der Waals surface area contributed by atoms with Crippen LogP contribution in [0.15, 0.2) is 24.3 Å². The molecule has 1 N–H and O–H groups in total. The first-order chi connectivity index (χ1) is 11.2. The minimum absolute atomic E-state index is 0.255. The fourth-order valence-corrected chi connectivity index (χ4v) is 3.63. The van der Waals surface area contributed by atoms with Gasteiger partial charge >= 0.3 is 5.97 Å². The van der Waals surface area contributed by atoms with Gasteiger partial charge in [0.1, 0.15) is 0 Å². The molecule has 0 saturated carbocycles. The van der Waals surface area contributed by atoms with E-state index in [0.29, 0.717) is 6.42 Å². The zero-order valence-electron chi connectivity index (χ0n) is 13.6. The number of nitrogens with zero attached hydrogens (tertiary/aromatic N) is 1. The summed E-state index contributed by atoms with van der Waals surface area (Å²) in [5.41, 5.74) is 0.272. The Morgan fingerprint density at radius 2 is 2.00 bits per heavy atom. The lowest BCUT2D eigenvalue weighted by Crippen LogP contribution is -2.46. The number of esters is 1. The van der Waals surface area contributed by atoms with Crippen molar-refractivity contribution in [1.29, 1.82) is 0 Å². The van der Waals surface area contributed by atoms with Crippen molar-refractivity contribution in [3.05, 3.63) is 29.8 Å². The number of amides is 1. The molecule has 1 aromatic carbocycles. The molecule has 2 aliphatic heterocycles. The molecule has 2 heterocycles. The molecular formula is C18H24N2O3. The van der Waals surface area contributed by atoms with Crippen molar-refractivity contribution in [3.8, 4) is 0 Å². The Bertz CT molecular complexity index is 596. The summed E-state index contributed by atoms with van der Waals surface area (Å²) in [7, 11) is 0. The lowest BCUT2D eigenvalue weighted by atomic mass is 9.78. The zero-order valence-corrected chi connectivity index (χ0v) is 13.6. The van der Waals surface area contributed by atoms with Crippen molar-refractivity contribution in [1.82, 2.24) is 4.90 Å². The van der Waals surface area contributed by atoms with E-state index in [2.05, 4.69) is 10.2 Å². The predicted molar refractivity (Wildman–Crippen MR) is 88.3 cm³/mol. The SMILES string of the molecule is CCOC(=O)C1(CCN2CCCCC2)C(=O)Nc2ccccc21. The molecule has 1 saturated heterocycles. The van der Waals surface area contributed by atoms with Gasteiger partial charge in [-0.3, -0.25) is 9.59 Å². The van der Waals surface area contributed by atoms with Gasteiger partial charge in [-0.2, -0.15) is 0 Å². The molecule has 5 heteroatoms. The van der Waals surface area contributed by atoms with Crippen molar-refractivity contribution in [3.63, 3.8) is 0 Å². The summed E-state index contributed by atoms with van der Waals surface area (Å²) in [5.74, 6) is -0.686. The molecule has 0 bridgehead atoms. The van der Waals surface area contributed by atoms with Crippen molar-refractivity contribution in [2.45, 2.75) is 38.0 Å². The van der Waals surface area contributed by atoms with Gasteiger partial charge in [-0.25, -0.2) is 0 Å². The smallest absolute Gasteiger partial charge is 0.326 e. The summed E-state index contributed by atoms with van der Waals surface area (Å²) in [4.78, 5) is 27.8. The van der Waals surface area contributed by atoms with E-state index in [-0.39, 0.29) is 12.5 Å². The Labute approximate surface area is 137 Å². The Morgan fingerprint density at radius 3 is 2.74 bits per heavy atom. The molecule has 124 valence electrons. The zero-order chi connectivity index (χ0) is 16.3. The number of anilines is 1. The number of nitrogens with one attached hydrogen (secondary N) is 1. The number of benzene rings is 1. The van der Waals surface area contributed by atoms with E-state index < -0.39 is 11.4 Å². The number of hydrogen-bond donors (Lipinski definition) is 1. The number of hydrogen-bond acceptors (Lipinski definition) is 4. The molecule has 0 radical (unpaired) electrons. The molecule has 3 rings (SSSR count). The van der Waals surface area contributed by atoms with E-state index >= 15 is 0 Å². The third kappa shape index (κ3) is 2.85. The molecule has 2 aliphatic rings. The Kier molecular flexibility index (Phi) is 4.66.